The fourth-order valence-electron chi connectivity index (χ4n) is 4.03. The molecule has 18 heteroatoms. The Morgan fingerprint density at radius 1 is 1.32 bits per heavy atom. The molecule has 0 aromatic carbocycles. The van der Waals surface area contributed by atoms with E-state index in [1.54, 1.807) is 13.8 Å². The number of thiazole rings is 1. The van der Waals surface area contributed by atoms with Gasteiger partial charge in [0.1, 0.15) is 29.9 Å². The Bertz CT molecular complexity index is 1440. The van der Waals surface area contributed by atoms with E-state index in [4.69, 9.17) is 15.3 Å². The number of nitrogen functional groups attached to an aromatic ring is 1. The van der Waals surface area contributed by atoms with Crippen LogP contribution >= 0.6 is 34.9 Å². The molecule has 0 radical (unpaired) electrons. The number of aliphatic carboxylic acids is 1. The highest BCUT2D eigenvalue weighted by Gasteiger charge is 2.54. The Balaban J connectivity index is 1.46. The van der Waals surface area contributed by atoms with Crippen molar-refractivity contribution in [2.45, 2.75) is 36.8 Å². The predicted octanol–water partition coefficient (Wildman–Crippen LogP) is 0.516. The highest BCUT2D eigenvalue weighted by atomic mass is 32.2. The molecular formula is C23H25N7O8S3. The maximum Gasteiger partial charge on any atom is 0.352 e. The number of fused-ring (bicyclic) bond motifs is 1. The lowest BCUT2D eigenvalue weighted by Crippen LogP contribution is -2.71. The van der Waals surface area contributed by atoms with Gasteiger partial charge in [-0.05, 0) is 19.4 Å². The van der Waals surface area contributed by atoms with Crippen LogP contribution in [-0.4, -0.2) is 96.2 Å². The van der Waals surface area contributed by atoms with Crippen LogP contribution < -0.4 is 11.1 Å². The average Bonchev–Trinajstić information content (AvgIpc) is 3.36. The molecule has 5 N–H and O–H groups in total. The summed E-state index contributed by atoms with van der Waals surface area (Å²) in [4.78, 5) is 68.2. The quantitative estimate of drug-likeness (QED) is 0.0670. The summed E-state index contributed by atoms with van der Waals surface area (Å²) in [5.41, 5.74) is 6.52. The molecule has 4 rings (SSSR count). The molecule has 1 unspecified atom stereocenters. The van der Waals surface area contributed by atoms with Crippen molar-refractivity contribution in [2.75, 3.05) is 31.0 Å². The summed E-state index contributed by atoms with van der Waals surface area (Å²) >= 11 is 3.47. The predicted molar refractivity (Wildman–Crippen MR) is 149 cm³/mol. The molecule has 0 aliphatic carbocycles. The third-order valence-corrected chi connectivity index (χ3v) is 8.82. The van der Waals surface area contributed by atoms with Crippen LogP contribution in [0.3, 0.4) is 0 Å². The van der Waals surface area contributed by atoms with Gasteiger partial charge in [-0.2, -0.15) is 4.98 Å². The van der Waals surface area contributed by atoms with Gasteiger partial charge in [0.25, 0.3) is 11.8 Å². The van der Waals surface area contributed by atoms with E-state index in [2.05, 4.69) is 25.4 Å². The fraction of sp³-hybridized carbons (Fsp3) is 0.391. The molecule has 0 bridgehead atoms. The van der Waals surface area contributed by atoms with E-state index < -0.39 is 35.2 Å². The Labute approximate surface area is 245 Å². The summed E-state index contributed by atoms with van der Waals surface area (Å²) < 4.78 is 4.90. The first-order valence-electron chi connectivity index (χ1n) is 11.9. The number of ether oxygens (including phenoxy) is 1. The van der Waals surface area contributed by atoms with E-state index in [0.29, 0.717) is 11.3 Å². The van der Waals surface area contributed by atoms with Gasteiger partial charge in [0.15, 0.2) is 16.0 Å². The highest BCUT2D eigenvalue weighted by Crippen LogP contribution is 2.41. The number of aromatic hydroxyl groups is 1. The smallest absolute Gasteiger partial charge is 0.352 e. The number of anilines is 1. The summed E-state index contributed by atoms with van der Waals surface area (Å²) in [6.45, 7) is 3.48. The number of hydrogen-bond donors (Lipinski definition) is 4. The number of nitrogens with zero attached hydrogens (tertiary/aromatic N) is 5. The van der Waals surface area contributed by atoms with E-state index >= 15 is 0 Å². The van der Waals surface area contributed by atoms with Crippen molar-refractivity contribution in [3.63, 3.8) is 0 Å². The van der Waals surface area contributed by atoms with Crippen molar-refractivity contribution in [1.29, 1.82) is 0 Å². The SMILES string of the molecule is CCOC(=O)Cc1c(C)nc(SCC2=C(C(=O)O)N3C(=O)C(NC(=O)C(=NOC)c4csc(N)n4)[C@@H]3SC2)nc1O. The number of carbonyl (C=O) groups excluding carboxylic acids is 3. The fourth-order valence-corrected chi connectivity index (χ4v) is 6.95. The molecule has 2 amide bonds. The Kier molecular flexibility index (Phi) is 9.34. The number of thioether (sulfide) groups is 2. The number of nitrogens with one attached hydrogen (secondary N) is 1. The second-order valence-electron chi connectivity index (χ2n) is 8.48. The Morgan fingerprint density at radius 3 is 2.68 bits per heavy atom. The normalized spacial score (nSPS) is 18.5. The van der Waals surface area contributed by atoms with Crippen LogP contribution in [0.15, 0.2) is 27.0 Å². The number of esters is 1. The molecule has 4 heterocycles. The van der Waals surface area contributed by atoms with E-state index in [0.717, 1.165) is 28.0 Å². The van der Waals surface area contributed by atoms with E-state index in [1.165, 1.54) is 24.3 Å². The number of nitrogens with two attached hydrogens (primary N) is 1. The zero-order chi connectivity index (χ0) is 29.8. The number of carbonyl (C=O) groups is 4. The molecule has 15 nitrogen and oxygen atoms in total. The van der Waals surface area contributed by atoms with Gasteiger partial charge in [0.2, 0.25) is 5.88 Å². The zero-order valence-electron chi connectivity index (χ0n) is 21.9. The number of rotatable bonds is 11. The molecule has 41 heavy (non-hydrogen) atoms. The average molecular weight is 624 g/mol. The van der Waals surface area contributed by atoms with Crippen molar-refractivity contribution in [3.05, 3.63) is 33.6 Å². The maximum atomic E-state index is 13.0. The summed E-state index contributed by atoms with van der Waals surface area (Å²) in [5.74, 6) is -3.14. The lowest BCUT2D eigenvalue weighted by molar-refractivity contribution is -0.150. The van der Waals surface area contributed by atoms with Crippen LogP contribution in [0.25, 0.3) is 0 Å². The molecule has 2 aliphatic rings. The van der Waals surface area contributed by atoms with Crippen LogP contribution in [0.2, 0.25) is 0 Å². The standard InChI is InChI=1S/C23H25N7O8S3/c1-4-38-13(31)5-11-9(2)25-23(28-17(11)32)41-7-10-6-39-20-15(19(34)30(20)16(10)21(35)36)27-18(33)14(29-37-3)12-8-40-22(24)26-12/h8,15,20H,4-7H2,1-3H3,(H2,24,26)(H,27,33)(H,35,36)(H,25,28,32)/t15?,20-/m0/s1. The topological polar surface area (TPSA) is 220 Å². The van der Waals surface area contributed by atoms with Gasteiger partial charge >= 0.3 is 11.9 Å². The molecule has 2 atom stereocenters. The Morgan fingerprint density at radius 2 is 2.07 bits per heavy atom. The maximum absolute atomic E-state index is 13.0. The minimum atomic E-state index is -1.30. The first-order valence-corrected chi connectivity index (χ1v) is 14.8. The van der Waals surface area contributed by atoms with Crippen molar-refractivity contribution < 1.29 is 39.0 Å². The van der Waals surface area contributed by atoms with Crippen LogP contribution in [0.5, 0.6) is 5.88 Å². The lowest BCUT2D eigenvalue weighted by Gasteiger charge is -2.49. The second kappa shape index (κ2) is 12.7. The van der Waals surface area contributed by atoms with Gasteiger partial charge < -0.3 is 30.8 Å². The molecule has 0 spiro atoms. The van der Waals surface area contributed by atoms with Gasteiger partial charge in [-0.25, -0.2) is 14.8 Å². The van der Waals surface area contributed by atoms with Crippen molar-refractivity contribution in [2.24, 2.45) is 5.16 Å². The number of amides is 2. The molecule has 2 aliphatic heterocycles. The Hall–Kier alpha value is -3.90. The van der Waals surface area contributed by atoms with Crippen molar-refractivity contribution in [3.8, 4) is 5.88 Å². The highest BCUT2D eigenvalue weighted by molar-refractivity contribution is 8.01. The molecule has 2 aromatic rings. The number of carboxylic acid groups (broad SMARTS) is 1. The first kappa shape index (κ1) is 30.1. The third-order valence-electron chi connectivity index (χ3n) is 5.87. The summed E-state index contributed by atoms with van der Waals surface area (Å²) in [7, 11) is 1.26. The van der Waals surface area contributed by atoms with Crippen molar-refractivity contribution in [1.82, 2.24) is 25.2 Å². The molecule has 1 saturated heterocycles. The number of β-lactam (4-membered cyclic amide) rings is 1. The van der Waals surface area contributed by atoms with E-state index in [-0.39, 0.29) is 63.4 Å². The minimum Gasteiger partial charge on any atom is -0.493 e. The summed E-state index contributed by atoms with van der Waals surface area (Å²) in [6.07, 6.45) is -0.186. The van der Waals surface area contributed by atoms with Gasteiger partial charge in [0.05, 0.1) is 13.0 Å². The lowest BCUT2D eigenvalue weighted by atomic mass is 10.0. The van der Waals surface area contributed by atoms with Gasteiger partial charge in [-0.1, -0.05) is 16.9 Å². The monoisotopic (exact) mass is 623 g/mol. The van der Waals surface area contributed by atoms with Gasteiger partial charge in [-0.15, -0.1) is 23.1 Å². The van der Waals surface area contributed by atoms with E-state index in [9.17, 15) is 29.4 Å². The van der Waals surface area contributed by atoms with Crippen LogP contribution in [0.4, 0.5) is 5.13 Å². The second-order valence-corrected chi connectivity index (χ2v) is 11.4. The number of aryl methyl sites for hydroxylation is 1. The molecular weight excluding hydrogens is 598 g/mol. The number of carboxylic acids is 1. The zero-order valence-corrected chi connectivity index (χ0v) is 24.4. The van der Waals surface area contributed by atoms with Crippen LogP contribution in [-0.2, 0) is 35.2 Å². The van der Waals surface area contributed by atoms with Gasteiger partial charge in [-0.3, -0.25) is 19.3 Å². The molecule has 0 saturated carbocycles. The third kappa shape index (κ3) is 6.38. The van der Waals surface area contributed by atoms with Gasteiger partial charge in [0, 0.05) is 28.1 Å². The molecule has 2 aromatic heterocycles. The van der Waals surface area contributed by atoms with Crippen LogP contribution in [0, 0.1) is 6.92 Å². The minimum absolute atomic E-state index is 0.119. The summed E-state index contributed by atoms with van der Waals surface area (Å²) in [6, 6.07) is -0.996. The number of hydrogen-bond acceptors (Lipinski definition) is 15. The van der Waals surface area contributed by atoms with Crippen LogP contribution in [0.1, 0.15) is 23.9 Å². The molecule has 1 fully saturated rings. The molecule has 218 valence electrons. The summed E-state index contributed by atoms with van der Waals surface area (Å²) in [5, 5.41) is 27.8. The van der Waals surface area contributed by atoms with E-state index in [1.807, 2.05) is 0 Å². The number of aromatic nitrogens is 3. The van der Waals surface area contributed by atoms with Crippen molar-refractivity contribution >= 4 is 69.5 Å². The first-order chi connectivity index (χ1) is 19.5. The number of oxime groups is 1. The largest absolute Gasteiger partial charge is 0.493 e.